The van der Waals surface area contributed by atoms with Gasteiger partial charge in [0.15, 0.2) is 11.6 Å². The summed E-state index contributed by atoms with van der Waals surface area (Å²) < 4.78 is 19.0. The van der Waals surface area contributed by atoms with E-state index in [1.807, 2.05) is 9.80 Å². The van der Waals surface area contributed by atoms with Crippen molar-refractivity contribution in [2.45, 2.75) is 19.8 Å². The molecule has 0 aliphatic carbocycles. The molecule has 0 radical (unpaired) electrons. The smallest absolute Gasteiger partial charge is 0.242 e. The lowest BCUT2D eigenvalue weighted by Crippen LogP contribution is -2.37. The third-order valence-corrected chi connectivity index (χ3v) is 4.22. The van der Waals surface area contributed by atoms with Crippen LogP contribution in [0.25, 0.3) is 10.9 Å². The molecule has 1 aliphatic rings. The number of aromatic nitrogens is 2. The summed E-state index contributed by atoms with van der Waals surface area (Å²) in [5.41, 5.74) is 0.500. The Morgan fingerprint density at radius 2 is 2.12 bits per heavy atom. The maximum absolute atomic E-state index is 13.9. The molecule has 0 N–H and O–H groups in total. The van der Waals surface area contributed by atoms with Gasteiger partial charge in [0.05, 0.1) is 19.2 Å². The number of methoxy groups -OCH3 is 1. The summed E-state index contributed by atoms with van der Waals surface area (Å²) in [4.78, 5) is 24.8. The quantitative estimate of drug-likeness (QED) is 0.859. The minimum atomic E-state index is -0.462. The normalized spacial score (nSPS) is 15.7. The Labute approximate surface area is 140 Å². The van der Waals surface area contributed by atoms with Crippen molar-refractivity contribution in [3.8, 4) is 5.75 Å². The largest absolute Gasteiger partial charge is 0.494 e. The van der Waals surface area contributed by atoms with Gasteiger partial charge in [-0.25, -0.2) is 14.4 Å². The lowest BCUT2D eigenvalue weighted by Gasteiger charge is -2.23. The number of carbonyl (C=O) groups is 1. The summed E-state index contributed by atoms with van der Waals surface area (Å²) in [7, 11) is 1.42. The zero-order valence-electron chi connectivity index (χ0n) is 14.0. The van der Waals surface area contributed by atoms with E-state index in [4.69, 9.17) is 4.74 Å². The van der Waals surface area contributed by atoms with Crippen LogP contribution in [-0.4, -0.2) is 54.1 Å². The Morgan fingerprint density at radius 1 is 1.29 bits per heavy atom. The second-order valence-corrected chi connectivity index (χ2v) is 5.86. The number of hydrogen-bond donors (Lipinski definition) is 0. The molecule has 6 nitrogen and oxygen atoms in total. The van der Waals surface area contributed by atoms with Crippen LogP contribution in [0.5, 0.6) is 5.75 Å². The molecule has 2 aromatic rings. The first kappa shape index (κ1) is 16.4. The van der Waals surface area contributed by atoms with Gasteiger partial charge in [-0.3, -0.25) is 4.79 Å². The average Bonchev–Trinajstić information content (AvgIpc) is 2.76. The molecule has 1 amide bonds. The molecule has 2 heterocycles. The van der Waals surface area contributed by atoms with E-state index in [1.54, 1.807) is 6.07 Å². The van der Waals surface area contributed by atoms with E-state index in [-0.39, 0.29) is 18.2 Å². The average molecular weight is 332 g/mol. The fourth-order valence-electron chi connectivity index (χ4n) is 3.06. The number of rotatable bonds is 4. The number of amides is 1. The van der Waals surface area contributed by atoms with Crippen molar-refractivity contribution >= 4 is 22.6 Å². The molecule has 0 atom stereocenters. The van der Waals surface area contributed by atoms with Crippen LogP contribution in [0.15, 0.2) is 18.5 Å². The molecule has 3 rings (SSSR count). The van der Waals surface area contributed by atoms with Crippen LogP contribution < -0.4 is 9.64 Å². The van der Waals surface area contributed by atoms with Crippen LogP contribution in [0.2, 0.25) is 0 Å². The van der Waals surface area contributed by atoms with Crippen molar-refractivity contribution in [2.24, 2.45) is 0 Å². The zero-order valence-corrected chi connectivity index (χ0v) is 14.0. The van der Waals surface area contributed by atoms with Crippen molar-refractivity contribution in [1.29, 1.82) is 0 Å². The second kappa shape index (κ2) is 6.98. The van der Waals surface area contributed by atoms with E-state index >= 15 is 0 Å². The molecule has 1 aromatic carbocycles. The fourth-order valence-corrected chi connectivity index (χ4v) is 3.06. The predicted molar refractivity (Wildman–Crippen MR) is 89.7 cm³/mol. The number of nitrogens with zero attached hydrogens (tertiary/aromatic N) is 4. The topological polar surface area (TPSA) is 58.6 Å². The highest BCUT2D eigenvalue weighted by molar-refractivity contribution is 5.92. The molecule has 1 saturated heterocycles. The number of fused-ring (bicyclic) bond motifs is 1. The molecule has 1 fully saturated rings. The van der Waals surface area contributed by atoms with Crippen molar-refractivity contribution < 1.29 is 13.9 Å². The van der Waals surface area contributed by atoms with E-state index in [0.29, 0.717) is 16.7 Å². The Bertz CT molecular complexity index is 753. The van der Waals surface area contributed by atoms with Crippen molar-refractivity contribution in [2.75, 3.05) is 38.2 Å². The Balaban J connectivity index is 1.98. The number of halogens is 1. The monoisotopic (exact) mass is 332 g/mol. The zero-order chi connectivity index (χ0) is 17.1. The summed E-state index contributed by atoms with van der Waals surface area (Å²) in [6.45, 7) is 4.58. The maximum atomic E-state index is 13.9. The first-order valence-electron chi connectivity index (χ1n) is 8.15. The number of benzene rings is 1. The van der Waals surface area contributed by atoms with E-state index in [9.17, 15) is 9.18 Å². The first-order valence-corrected chi connectivity index (χ1v) is 8.15. The lowest BCUT2D eigenvalue weighted by atomic mass is 10.2. The summed E-state index contributed by atoms with van der Waals surface area (Å²) >= 11 is 0. The van der Waals surface area contributed by atoms with E-state index < -0.39 is 5.82 Å². The van der Waals surface area contributed by atoms with Crippen LogP contribution in [0.1, 0.15) is 19.8 Å². The van der Waals surface area contributed by atoms with Crippen LogP contribution in [-0.2, 0) is 4.79 Å². The maximum Gasteiger partial charge on any atom is 0.242 e. The van der Waals surface area contributed by atoms with Crippen molar-refractivity contribution in [1.82, 2.24) is 14.9 Å². The molecule has 7 heteroatoms. The predicted octanol–water partition coefficient (Wildman–Crippen LogP) is 2.23. The first-order chi connectivity index (χ1) is 11.6. The van der Waals surface area contributed by atoms with Crippen molar-refractivity contribution in [3.63, 3.8) is 0 Å². The molecule has 1 aromatic heterocycles. The minimum Gasteiger partial charge on any atom is -0.494 e. The Kier molecular flexibility index (Phi) is 4.78. The Hall–Kier alpha value is -2.44. The van der Waals surface area contributed by atoms with Crippen LogP contribution in [0.4, 0.5) is 10.2 Å². The molecule has 1 aliphatic heterocycles. The highest BCUT2D eigenvalue weighted by atomic mass is 19.1. The lowest BCUT2D eigenvalue weighted by molar-refractivity contribution is -0.129. The highest BCUT2D eigenvalue weighted by Gasteiger charge is 2.23. The third kappa shape index (κ3) is 3.11. The van der Waals surface area contributed by atoms with Crippen LogP contribution in [0, 0.1) is 5.82 Å². The summed E-state index contributed by atoms with van der Waals surface area (Å²) in [5, 5.41) is 0.687. The van der Waals surface area contributed by atoms with Gasteiger partial charge < -0.3 is 14.5 Å². The van der Waals surface area contributed by atoms with Crippen LogP contribution >= 0.6 is 0 Å². The van der Waals surface area contributed by atoms with Gasteiger partial charge in [0, 0.05) is 31.1 Å². The van der Waals surface area contributed by atoms with Gasteiger partial charge in [0.1, 0.15) is 12.1 Å². The Morgan fingerprint density at radius 3 is 2.88 bits per heavy atom. The van der Waals surface area contributed by atoms with E-state index in [1.165, 1.54) is 19.5 Å². The van der Waals surface area contributed by atoms with Crippen LogP contribution in [0.3, 0.4) is 0 Å². The molecular formula is C17H21FN4O2. The summed E-state index contributed by atoms with van der Waals surface area (Å²) in [6, 6.07) is 2.93. The summed E-state index contributed by atoms with van der Waals surface area (Å²) in [5.74, 6) is 0.420. The second-order valence-electron chi connectivity index (χ2n) is 5.86. The molecule has 128 valence electrons. The van der Waals surface area contributed by atoms with Gasteiger partial charge in [-0.2, -0.15) is 0 Å². The fraction of sp³-hybridized carbons (Fsp3) is 0.471. The molecule has 0 unspecified atom stereocenters. The number of ether oxygens (including phenoxy) is 1. The minimum absolute atomic E-state index is 0.0928. The molecule has 0 saturated carbocycles. The van der Waals surface area contributed by atoms with E-state index in [0.717, 1.165) is 32.5 Å². The van der Waals surface area contributed by atoms with Gasteiger partial charge in [0.2, 0.25) is 5.91 Å². The molecular weight excluding hydrogens is 311 g/mol. The number of carbonyl (C=O) groups excluding carboxylic acids is 1. The van der Waals surface area contributed by atoms with Gasteiger partial charge in [-0.15, -0.1) is 0 Å². The van der Waals surface area contributed by atoms with Crippen molar-refractivity contribution in [3.05, 3.63) is 24.3 Å². The van der Waals surface area contributed by atoms with Gasteiger partial charge in [-0.05, 0) is 18.9 Å². The molecule has 0 spiro atoms. The third-order valence-electron chi connectivity index (χ3n) is 4.22. The van der Waals surface area contributed by atoms with Gasteiger partial charge in [0.25, 0.3) is 0 Å². The SMILES string of the molecule is CCCN1CCCN(c2ncnc3cc(F)c(OC)cc23)CC1=O. The summed E-state index contributed by atoms with van der Waals surface area (Å²) in [6.07, 6.45) is 3.22. The molecule has 24 heavy (non-hydrogen) atoms. The van der Waals surface area contributed by atoms with E-state index in [2.05, 4.69) is 16.9 Å². The number of anilines is 1. The van der Waals surface area contributed by atoms with Gasteiger partial charge >= 0.3 is 0 Å². The van der Waals surface area contributed by atoms with Gasteiger partial charge in [-0.1, -0.05) is 6.92 Å². The molecule has 0 bridgehead atoms. The standard InChI is InChI=1S/C17H21FN4O2/c1-3-5-21-6-4-7-22(10-16(21)23)17-12-8-15(24-2)13(18)9-14(12)19-11-20-17/h8-9,11H,3-7,10H2,1-2H3. The highest BCUT2D eigenvalue weighted by Crippen LogP contribution is 2.29. The number of hydrogen-bond acceptors (Lipinski definition) is 5.